The normalized spacial score (nSPS) is 11.7. The lowest BCUT2D eigenvalue weighted by molar-refractivity contribution is -0.142. The van der Waals surface area contributed by atoms with Crippen molar-refractivity contribution in [2.45, 2.75) is 18.9 Å². The second-order valence-corrected chi connectivity index (χ2v) is 4.94. The van der Waals surface area contributed by atoms with E-state index in [4.69, 9.17) is 14.9 Å². The molecule has 0 aromatic heterocycles. The fraction of sp³-hybridized carbons (Fsp3) is 0.385. The predicted octanol–water partition coefficient (Wildman–Crippen LogP) is 1.17. The molecular weight excluding hydrogens is 330 g/mol. The number of halogens is 1. The van der Waals surface area contributed by atoms with Gasteiger partial charge in [-0.25, -0.2) is 4.79 Å². The summed E-state index contributed by atoms with van der Waals surface area (Å²) in [6.45, 7) is -0.147. The van der Waals surface area contributed by atoms with Crippen LogP contribution in [0.15, 0.2) is 28.7 Å². The lowest BCUT2D eigenvalue weighted by atomic mass is 10.2. The van der Waals surface area contributed by atoms with Crippen molar-refractivity contribution in [1.82, 2.24) is 5.32 Å². The number of hydrogen-bond donors (Lipinski definition) is 3. The molecule has 0 saturated heterocycles. The van der Waals surface area contributed by atoms with E-state index in [2.05, 4.69) is 21.2 Å². The number of aliphatic hydroxyl groups excluding tert-OH is 1. The number of amides is 1. The summed E-state index contributed by atoms with van der Waals surface area (Å²) in [5, 5.41) is 19.9. The second-order valence-electron chi connectivity index (χ2n) is 4.02. The van der Waals surface area contributed by atoms with Crippen molar-refractivity contribution in [3.05, 3.63) is 28.7 Å². The van der Waals surface area contributed by atoms with E-state index in [0.29, 0.717) is 5.75 Å². The van der Waals surface area contributed by atoms with Crippen LogP contribution in [0.25, 0.3) is 0 Å². The van der Waals surface area contributed by atoms with Crippen LogP contribution in [-0.2, 0) is 9.59 Å². The maximum Gasteiger partial charge on any atom is 0.326 e. The Bertz CT molecular complexity index is 449. The summed E-state index contributed by atoms with van der Waals surface area (Å²) in [6, 6.07) is 6.08. The molecule has 1 aromatic carbocycles. The van der Waals surface area contributed by atoms with Gasteiger partial charge in [0.25, 0.3) is 0 Å². The van der Waals surface area contributed by atoms with Crippen molar-refractivity contribution in [1.29, 1.82) is 0 Å². The maximum absolute atomic E-state index is 11.5. The molecule has 0 saturated carbocycles. The molecule has 0 unspecified atom stereocenters. The van der Waals surface area contributed by atoms with E-state index in [9.17, 15) is 9.59 Å². The third kappa shape index (κ3) is 6.03. The van der Waals surface area contributed by atoms with Gasteiger partial charge in [-0.1, -0.05) is 15.9 Å². The molecular formula is C13H16BrNO5. The fourth-order valence-corrected chi connectivity index (χ4v) is 1.71. The molecule has 0 aliphatic carbocycles. The molecule has 20 heavy (non-hydrogen) atoms. The van der Waals surface area contributed by atoms with Gasteiger partial charge < -0.3 is 20.3 Å². The number of ether oxygens (including phenoxy) is 1. The number of carboxylic acid groups (broad SMARTS) is 1. The first-order valence-corrected chi connectivity index (χ1v) is 6.83. The van der Waals surface area contributed by atoms with E-state index < -0.39 is 17.9 Å². The van der Waals surface area contributed by atoms with E-state index in [1.165, 1.54) is 0 Å². The van der Waals surface area contributed by atoms with Gasteiger partial charge in [0, 0.05) is 17.5 Å². The van der Waals surface area contributed by atoms with Crippen LogP contribution in [0.1, 0.15) is 12.8 Å². The molecule has 0 fully saturated rings. The number of benzene rings is 1. The van der Waals surface area contributed by atoms with Crippen LogP contribution in [-0.4, -0.2) is 41.3 Å². The van der Waals surface area contributed by atoms with Gasteiger partial charge in [-0.2, -0.15) is 0 Å². The first-order chi connectivity index (χ1) is 9.52. The number of nitrogens with one attached hydrogen (secondary N) is 1. The molecule has 0 aliphatic heterocycles. The van der Waals surface area contributed by atoms with Crippen LogP contribution in [0.2, 0.25) is 0 Å². The van der Waals surface area contributed by atoms with Crippen molar-refractivity contribution in [3.63, 3.8) is 0 Å². The standard InChI is InChI=1S/C13H16BrNO5/c14-9-1-3-10(4-2-9)20-8-6-12(17)15-11(5-7-16)13(18)19/h1-4,11,16H,5-8H2,(H,15,17)(H,18,19)/t11-/m0/s1. The van der Waals surface area contributed by atoms with E-state index in [1.54, 1.807) is 12.1 Å². The van der Waals surface area contributed by atoms with E-state index in [1.807, 2.05) is 12.1 Å². The largest absolute Gasteiger partial charge is 0.493 e. The van der Waals surface area contributed by atoms with Crippen LogP contribution >= 0.6 is 15.9 Å². The summed E-state index contributed by atoms with van der Waals surface area (Å²) < 4.78 is 6.28. The first-order valence-electron chi connectivity index (χ1n) is 6.04. The Morgan fingerprint density at radius 2 is 1.95 bits per heavy atom. The summed E-state index contributed by atoms with van der Waals surface area (Å²) in [6.07, 6.45) is 0.0277. The highest BCUT2D eigenvalue weighted by Gasteiger charge is 2.18. The zero-order chi connectivity index (χ0) is 15.0. The molecule has 1 amide bonds. The van der Waals surface area contributed by atoms with Crippen molar-refractivity contribution in [2.75, 3.05) is 13.2 Å². The third-order valence-electron chi connectivity index (χ3n) is 2.46. The van der Waals surface area contributed by atoms with E-state index >= 15 is 0 Å². The van der Waals surface area contributed by atoms with Gasteiger partial charge in [-0.05, 0) is 24.3 Å². The van der Waals surface area contributed by atoms with E-state index in [0.717, 1.165) is 4.47 Å². The smallest absolute Gasteiger partial charge is 0.326 e. The van der Waals surface area contributed by atoms with Crippen LogP contribution in [0.4, 0.5) is 0 Å². The minimum absolute atomic E-state index is 0.0192. The number of carbonyl (C=O) groups excluding carboxylic acids is 1. The van der Waals surface area contributed by atoms with Gasteiger partial charge in [-0.15, -0.1) is 0 Å². The Morgan fingerprint density at radius 1 is 1.30 bits per heavy atom. The SMILES string of the molecule is O=C(CCOc1ccc(Br)cc1)N[C@@H](CCO)C(=O)O. The average Bonchev–Trinajstić information content (AvgIpc) is 2.40. The molecule has 7 heteroatoms. The number of carboxylic acids is 1. The lowest BCUT2D eigenvalue weighted by Gasteiger charge is -2.13. The Labute approximate surface area is 124 Å². The Morgan fingerprint density at radius 3 is 2.50 bits per heavy atom. The molecule has 0 spiro atoms. The number of aliphatic hydroxyl groups is 1. The lowest BCUT2D eigenvalue weighted by Crippen LogP contribution is -2.41. The monoisotopic (exact) mass is 345 g/mol. The molecule has 0 bridgehead atoms. The molecule has 3 N–H and O–H groups in total. The maximum atomic E-state index is 11.5. The van der Waals surface area contributed by atoms with Crippen LogP contribution < -0.4 is 10.1 Å². The van der Waals surface area contributed by atoms with Crippen molar-refractivity contribution in [2.24, 2.45) is 0 Å². The zero-order valence-electron chi connectivity index (χ0n) is 10.7. The number of rotatable bonds is 8. The number of aliphatic carboxylic acids is 1. The highest BCUT2D eigenvalue weighted by Crippen LogP contribution is 2.16. The topological polar surface area (TPSA) is 95.9 Å². The van der Waals surface area contributed by atoms with Crippen LogP contribution in [0.5, 0.6) is 5.75 Å². The molecule has 1 aromatic rings. The summed E-state index contributed by atoms with van der Waals surface area (Å²) >= 11 is 3.30. The summed E-state index contributed by atoms with van der Waals surface area (Å²) in [5.41, 5.74) is 0. The van der Waals surface area contributed by atoms with Gasteiger partial charge in [0.15, 0.2) is 0 Å². The van der Waals surface area contributed by atoms with Gasteiger partial charge in [0.2, 0.25) is 5.91 Å². The second kappa shape index (κ2) is 8.55. The van der Waals surface area contributed by atoms with Crippen LogP contribution in [0, 0.1) is 0 Å². The van der Waals surface area contributed by atoms with E-state index in [-0.39, 0.29) is 26.1 Å². The van der Waals surface area contributed by atoms with Crippen molar-refractivity contribution < 1.29 is 24.5 Å². The number of hydrogen-bond acceptors (Lipinski definition) is 4. The molecule has 6 nitrogen and oxygen atoms in total. The van der Waals surface area contributed by atoms with Crippen molar-refractivity contribution >= 4 is 27.8 Å². The average molecular weight is 346 g/mol. The zero-order valence-corrected chi connectivity index (χ0v) is 12.3. The minimum Gasteiger partial charge on any atom is -0.493 e. The number of carbonyl (C=O) groups is 2. The molecule has 0 aliphatic rings. The fourth-order valence-electron chi connectivity index (χ4n) is 1.45. The predicted molar refractivity (Wildman–Crippen MR) is 75.5 cm³/mol. The highest BCUT2D eigenvalue weighted by molar-refractivity contribution is 9.10. The minimum atomic E-state index is -1.17. The Balaban J connectivity index is 2.32. The van der Waals surface area contributed by atoms with Gasteiger partial charge in [-0.3, -0.25) is 4.79 Å². The van der Waals surface area contributed by atoms with Gasteiger partial charge in [0.1, 0.15) is 11.8 Å². The Hall–Kier alpha value is -1.60. The molecule has 0 radical (unpaired) electrons. The quantitative estimate of drug-likeness (QED) is 0.657. The third-order valence-corrected chi connectivity index (χ3v) is 2.99. The summed E-state index contributed by atoms with van der Waals surface area (Å²) in [4.78, 5) is 22.3. The molecule has 1 atom stereocenters. The highest BCUT2D eigenvalue weighted by atomic mass is 79.9. The van der Waals surface area contributed by atoms with Gasteiger partial charge in [0.05, 0.1) is 13.0 Å². The molecule has 0 heterocycles. The van der Waals surface area contributed by atoms with Gasteiger partial charge >= 0.3 is 5.97 Å². The molecule has 110 valence electrons. The Kier molecular flexibility index (Phi) is 7.03. The summed E-state index contributed by atoms with van der Waals surface area (Å²) in [5.74, 6) is -0.963. The van der Waals surface area contributed by atoms with Crippen LogP contribution in [0.3, 0.4) is 0 Å². The molecule has 1 rings (SSSR count). The first kappa shape index (κ1) is 16.5. The summed E-state index contributed by atoms with van der Waals surface area (Å²) in [7, 11) is 0. The van der Waals surface area contributed by atoms with Crippen molar-refractivity contribution in [3.8, 4) is 5.75 Å².